The lowest BCUT2D eigenvalue weighted by Crippen LogP contribution is -2.28. The molecule has 13 aromatic carbocycles. The highest BCUT2D eigenvalue weighted by Crippen LogP contribution is 2.57. The molecule has 2 heteroatoms. The van der Waals surface area contributed by atoms with Crippen molar-refractivity contribution in [2.24, 2.45) is 0 Å². The smallest absolute Gasteiger partial charge is 0.143 e. The van der Waals surface area contributed by atoms with E-state index in [9.17, 15) is 0 Å². The van der Waals surface area contributed by atoms with Crippen molar-refractivity contribution in [3.63, 3.8) is 0 Å². The molecule has 0 aliphatic heterocycles. The molecule has 1 heterocycles. The first kappa shape index (κ1) is 42.9. The fourth-order valence-corrected chi connectivity index (χ4v) is 12.5. The van der Waals surface area contributed by atoms with E-state index in [-0.39, 0.29) is 0 Å². The van der Waals surface area contributed by atoms with Crippen molar-refractivity contribution < 1.29 is 4.42 Å². The van der Waals surface area contributed by atoms with Crippen LogP contribution in [0, 0.1) is 0 Å². The quantitative estimate of drug-likeness (QED) is 0.141. The second-order valence-electron chi connectivity index (χ2n) is 19.9. The first-order valence-corrected chi connectivity index (χ1v) is 25.9. The minimum Gasteiger partial charge on any atom is -0.455 e. The summed E-state index contributed by atoms with van der Waals surface area (Å²) in [7, 11) is 0. The molecule has 0 amide bonds. The fourth-order valence-electron chi connectivity index (χ4n) is 12.5. The van der Waals surface area contributed by atoms with E-state index in [1.807, 2.05) is 0 Å². The fraction of sp³-hybridized carbons (Fsp3) is 0.0137. The summed E-state index contributed by atoms with van der Waals surface area (Å²) in [5.74, 6) is 0. The van der Waals surface area contributed by atoms with Crippen LogP contribution in [0.3, 0.4) is 0 Å². The molecular weight excluding hydrogens is 907 g/mol. The lowest BCUT2D eigenvalue weighted by atomic mass is 9.67. The lowest BCUT2D eigenvalue weighted by Gasteiger charge is -2.35. The highest BCUT2D eigenvalue weighted by atomic mass is 16.3. The van der Waals surface area contributed by atoms with Gasteiger partial charge in [0, 0.05) is 33.4 Å². The minimum atomic E-state index is -0.528. The number of para-hydroxylation sites is 1. The predicted octanol–water partition coefficient (Wildman–Crippen LogP) is 19.9. The van der Waals surface area contributed by atoms with E-state index in [2.05, 4.69) is 290 Å². The maximum Gasteiger partial charge on any atom is 0.143 e. The van der Waals surface area contributed by atoms with Gasteiger partial charge in [-0.25, -0.2) is 0 Å². The molecule has 0 fully saturated rings. The lowest BCUT2D eigenvalue weighted by molar-refractivity contribution is 0.670. The molecule has 15 rings (SSSR count). The van der Waals surface area contributed by atoms with Gasteiger partial charge < -0.3 is 9.32 Å². The monoisotopic (exact) mass is 953 g/mol. The Balaban J connectivity index is 0.865. The van der Waals surface area contributed by atoms with Crippen LogP contribution >= 0.6 is 0 Å². The Kier molecular flexibility index (Phi) is 9.83. The summed E-state index contributed by atoms with van der Waals surface area (Å²) in [4.78, 5) is 2.45. The van der Waals surface area contributed by atoms with Crippen LogP contribution in [-0.4, -0.2) is 0 Å². The van der Waals surface area contributed by atoms with Gasteiger partial charge in [-0.3, -0.25) is 0 Å². The molecular formula is C73H47NO. The zero-order chi connectivity index (χ0) is 49.5. The number of rotatable bonds is 8. The van der Waals surface area contributed by atoms with E-state index < -0.39 is 5.41 Å². The van der Waals surface area contributed by atoms with Gasteiger partial charge in [-0.2, -0.15) is 0 Å². The Morgan fingerprint density at radius 2 is 0.800 bits per heavy atom. The van der Waals surface area contributed by atoms with Gasteiger partial charge in [-0.05, 0) is 148 Å². The average Bonchev–Trinajstić information content (AvgIpc) is 4.13. The molecule has 0 bridgehead atoms. The number of hydrogen-bond donors (Lipinski definition) is 0. The molecule has 75 heavy (non-hydrogen) atoms. The molecule has 14 aromatic rings. The van der Waals surface area contributed by atoms with Crippen molar-refractivity contribution in [3.05, 3.63) is 307 Å². The van der Waals surface area contributed by atoms with Crippen LogP contribution in [0.4, 0.5) is 17.1 Å². The summed E-state index contributed by atoms with van der Waals surface area (Å²) in [6.07, 6.45) is 0. The highest BCUT2D eigenvalue weighted by Gasteiger charge is 2.46. The van der Waals surface area contributed by atoms with Crippen molar-refractivity contribution in [1.82, 2.24) is 0 Å². The number of furan rings is 1. The zero-order valence-corrected chi connectivity index (χ0v) is 41.0. The van der Waals surface area contributed by atoms with Crippen LogP contribution in [0.15, 0.2) is 290 Å². The number of fused-ring (bicyclic) bond motifs is 10. The Labute approximate surface area is 435 Å². The topological polar surface area (TPSA) is 16.4 Å². The van der Waals surface area contributed by atoms with Gasteiger partial charge in [0.05, 0.1) is 5.41 Å². The molecule has 1 aliphatic rings. The molecule has 2 nitrogen and oxygen atoms in total. The van der Waals surface area contributed by atoms with Gasteiger partial charge >= 0.3 is 0 Å². The average molecular weight is 954 g/mol. The molecule has 0 radical (unpaired) electrons. The minimum absolute atomic E-state index is 0.528. The Hall–Kier alpha value is -9.76. The molecule has 0 atom stereocenters. The number of hydrogen-bond acceptors (Lipinski definition) is 2. The normalized spacial score (nSPS) is 12.6. The van der Waals surface area contributed by atoms with E-state index in [0.717, 1.165) is 55.7 Å². The predicted molar refractivity (Wildman–Crippen MR) is 315 cm³/mol. The highest BCUT2D eigenvalue weighted by molar-refractivity contribution is 6.12. The molecule has 0 unspecified atom stereocenters. The van der Waals surface area contributed by atoms with Crippen LogP contribution < -0.4 is 4.90 Å². The molecule has 0 N–H and O–H groups in total. The molecule has 350 valence electrons. The van der Waals surface area contributed by atoms with E-state index in [0.29, 0.717) is 0 Å². The second-order valence-corrected chi connectivity index (χ2v) is 19.9. The summed E-state index contributed by atoms with van der Waals surface area (Å²) >= 11 is 0. The molecule has 1 aromatic heterocycles. The van der Waals surface area contributed by atoms with E-state index in [4.69, 9.17) is 4.42 Å². The van der Waals surface area contributed by atoms with Gasteiger partial charge in [0.2, 0.25) is 0 Å². The summed E-state index contributed by atoms with van der Waals surface area (Å²) < 4.78 is 6.54. The van der Waals surface area contributed by atoms with Crippen LogP contribution in [0.1, 0.15) is 22.3 Å². The third-order valence-corrected chi connectivity index (χ3v) is 15.9. The summed E-state index contributed by atoms with van der Waals surface area (Å²) in [5.41, 5.74) is 19.2. The number of benzene rings is 13. The second kappa shape index (κ2) is 17.2. The maximum atomic E-state index is 6.54. The van der Waals surface area contributed by atoms with Crippen molar-refractivity contribution in [3.8, 4) is 44.5 Å². The largest absolute Gasteiger partial charge is 0.455 e. The third-order valence-electron chi connectivity index (χ3n) is 15.9. The number of nitrogens with zero attached hydrogens (tertiary/aromatic N) is 1. The first-order chi connectivity index (χ1) is 37.2. The summed E-state index contributed by atoms with van der Waals surface area (Å²) in [6, 6.07) is 105. The van der Waals surface area contributed by atoms with Crippen LogP contribution in [-0.2, 0) is 5.41 Å². The van der Waals surface area contributed by atoms with Gasteiger partial charge in [0.15, 0.2) is 0 Å². The summed E-state index contributed by atoms with van der Waals surface area (Å²) in [6.45, 7) is 0. The molecule has 0 spiro atoms. The van der Waals surface area contributed by atoms with Crippen LogP contribution in [0.2, 0.25) is 0 Å². The number of anilines is 3. The van der Waals surface area contributed by atoms with Crippen LogP contribution in [0.5, 0.6) is 0 Å². The van der Waals surface area contributed by atoms with Gasteiger partial charge in [0.25, 0.3) is 0 Å². The van der Waals surface area contributed by atoms with Crippen LogP contribution in [0.25, 0.3) is 98.8 Å². The first-order valence-electron chi connectivity index (χ1n) is 25.9. The van der Waals surface area contributed by atoms with Gasteiger partial charge in [-0.15, -0.1) is 0 Å². The Morgan fingerprint density at radius 3 is 1.60 bits per heavy atom. The van der Waals surface area contributed by atoms with Crippen molar-refractivity contribution >= 4 is 71.3 Å². The van der Waals surface area contributed by atoms with Crippen molar-refractivity contribution in [2.75, 3.05) is 4.90 Å². The maximum absolute atomic E-state index is 6.54. The van der Waals surface area contributed by atoms with E-state index in [1.165, 1.54) is 82.4 Å². The molecule has 1 aliphatic carbocycles. The van der Waals surface area contributed by atoms with E-state index >= 15 is 0 Å². The molecule has 0 saturated heterocycles. The SMILES string of the molecule is c1ccc(-c2cccc3c2oc2ccc(-c4ccc5c(ccc6cc(N(c7ccc(-c8cccc9ccccc89)cc7)c7ccc8c(c7)C(c7ccccc7)(c7ccccc7)c7ccccc7-8)ccc65)c4)cc23)cc1. The standard InChI is InChI=1S/C73H47NO/c1-4-16-49(17-5-1)64-27-15-28-67-68-46-52(35-43-71(68)75-72(64)67)51-34-40-62-53(44-51)30-31-54-45-58(38-41-63(54)62)74(57-36-32-50(33-37-57)61-26-14-19-48-18-10-11-24-60(48)61)59-39-42-66-65-25-12-13-29-69(65)73(70(66)47-59,55-20-6-2-7-21-55)56-22-8-3-9-23-56/h1-47H. The Morgan fingerprint density at radius 1 is 0.267 bits per heavy atom. The summed E-state index contributed by atoms with van der Waals surface area (Å²) in [5, 5.41) is 9.57. The third kappa shape index (κ3) is 6.80. The van der Waals surface area contributed by atoms with Crippen molar-refractivity contribution in [2.45, 2.75) is 5.41 Å². The Bertz CT molecular complexity index is 4470. The zero-order valence-electron chi connectivity index (χ0n) is 41.0. The van der Waals surface area contributed by atoms with Gasteiger partial charge in [-0.1, -0.05) is 231 Å². The van der Waals surface area contributed by atoms with Crippen molar-refractivity contribution in [1.29, 1.82) is 0 Å². The molecule has 0 saturated carbocycles. The van der Waals surface area contributed by atoms with Gasteiger partial charge in [0.1, 0.15) is 11.2 Å². The van der Waals surface area contributed by atoms with E-state index in [1.54, 1.807) is 0 Å².